The van der Waals surface area contributed by atoms with Gasteiger partial charge in [-0.15, -0.1) is 0 Å². The highest BCUT2D eigenvalue weighted by Crippen LogP contribution is 2.54. The van der Waals surface area contributed by atoms with Crippen LogP contribution in [0.4, 0.5) is 114 Å². The third-order valence-electron chi connectivity index (χ3n) is 5.63. The third-order valence-corrected chi connectivity index (χ3v) is 5.63. The Kier molecular flexibility index (Phi) is 10.6. The third kappa shape index (κ3) is 6.70. The van der Waals surface area contributed by atoms with Crippen molar-refractivity contribution in [3.05, 3.63) is 57.7 Å². The van der Waals surface area contributed by atoms with Gasteiger partial charge in [0, 0.05) is 0 Å². The van der Waals surface area contributed by atoms with Crippen LogP contribution in [0, 0.1) is 70.2 Å². The fraction of sp³-hybridized carbons (Fsp3) is 0.333. The smallest absolute Gasteiger partial charge is 0.448 e. The summed E-state index contributed by atoms with van der Waals surface area (Å²) in [4.78, 5) is 0. The predicted molar refractivity (Wildman–Crippen MR) is 108 cm³/mol. The van der Waals surface area contributed by atoms with Gasteiger partial charge in [0.15, 0.2) is 34.8 Å². The molecule has 51 heavy (non-hydrogen) atoms. The molecule has 0 spiro atoms. The zero-order chi connectivity index (χ0) is 40.5. The molecule has 0 saturated heterocycles. The van der Waals surface area contributed by atoms with E-state index in [2.05, 4.69) is 4.74 Å². The second-order valence-electron chi connectivity index (χ2n) is 8.96. The molecule has 0 aliphatic rings. The fourth-order valence-corrected chi connectivity index (χ4v) is 2.93. The van der Waals surface area contributed by atoms with E-state index in [0.29, 0.717) is 0 Å². The zero-order valence-electron chi connectivity index (χ0n) is 22.2. The molecule has 0 aromatic heterocycles. The first-order valence-corrected chi connectivity index (χ1v) is 11.3. The molecule has 0 saturated carbocycles. The van der Waals surface area contributed by atoms with Gasteiger partial charge in [-0.1, -0.05) is 11.8 Å². The van der Waals surface area contributed by atoms with E-state index >= 15 is 0 Å². The van der Waals surface area contributed by atoms with Crippen LogP contribution in [0.15, 0.2) is 0 Å². The number of alkyl halides is 18. The van der Waals surface area contributed by atoms with Gasteiger partial charge in [-0.05, 0) is 11.8 Å². The average Bonchev–Trinajstić information content (AvgIpc) is 2.97. The summed E-state index contributed by atoms with van der Waals surface area (Å²) in [5, 5.41) is 0. The van der Waals surface area contributed by atoms with Crippen molar-refractivity contribution in [2.24, 2.45) is 0 Å². The van der Waals surface area contributed by atoms with Crippen molar-refractivity contribution in [1.29, 1.82) is 0 Å². The van der Waals surface area contributed by atoms with Crippen LogP contribution in [-0.4, -0.2) is 47.9 Å². The minimum Gasteiger partial charge on any atom is -0.448 e. The Morgan fingerprint density at radius 1 is 0.314 bits per heavy atom. The van der Waals surface area contributed by atoms with Crippen molar-refractivity contribution in [3.63, 3.8) is 0 Å². The lowest BCUT2D eigenvalue weighted by atomic mass is 10.0. The summed E-state index contributed by atoms with van der Waals surface area (Å²) in [6.07, 6.45) is -15.1. The molecule has 2 aromatic rings. The van der Waals surface area contributed by atoms with Crippen LogP contribution < -0.4 is 4.74 Å². The van der Waals surface area contributed by atoms with Crippen molar-refractivity contribution in [3.8, 4) is 35.2 Å². The largest absolute Gasteiger partial charge is 0.460 e. The normalized spacial score (nSPS) is 13.8. The summed E-state index contributed by atoms with van der Waals surface area (Å²) in [6.45, 7) is 0. The molecule has 27 heteroatoms. The molecule has 0 N–H and O–H groups in total. The molecule has 0 fully saturated rings. The SMILES string of the molecule is Fc1c(F)c(F)c(Oc2c(F)c(F)c(F)c(F)c2C#CC(F)(F)C(F)(F)C(F)(F)C(F)(F)F)c(C#CC(F)(F)C(F)(F)C(F)(F)C(F)(F)F)c1F. The Morgan fingerprint density at radius 2 is 0.549 bits per heavy atom. The zero-order valence-corrected chi connectivity index (χ0v) is 22.2. The van der Waals surface area contributed by atoms with Crippen LogP contribution in [0.1, 0.15) is 11.1 Å². The standard InChI is InChI=1S/C24F26O/c25-7-5(1-3-17(33,34)19(37,38)21(41,42)23(45,46)47)15(13(31)11(29)9(7)27)51-16-6(8(26)10(28)12(30)14(16)32)2-4-18(35,36)20(39,40)22(43,44)24(48,49)50. The lowest BCUT2D eigenvalue weighted by Crippen LogP contribution is -2.60. The average molecular weight is 798 g/mol. The van der Waals surface area contributed by atoms with Crippen molar-refractivity contribution in [1.82, 2.24) is 0 Å². The lowest BCUT2D eigenvalue weighted by molar-refractivity contribution is -0.386. The predicted octanol–water partition coefficient (Wildman–Crippen LogP) is 10.2. The van der Waals surface area contributed by atoms with E-state index in [4.69, 9.17) is 0 Å². The van der Waals surface area contributed by atoms with Gasteiger partial charge in [0.1, 0.15) is 11.1 Å². The van der Waals surface area contributed by atoms with Gasteiger partial charge in [-0.25, -0.2) is 26.3 Å². The molecule has 0 radical (unpaired) electrons. The Bertz CT molecular complexity index is 1710. The molecule has 0 atom stereocenters. The topological polar surface area (TPSA) is 9.23 Å². The highest BCUT2D eigenvalue weighted by atomic mass is 19.4. The summed E-state index contributed by atoms with van der Waals surface area (Å²) >= 11 is 0. The number of halogens is 26. The second-order valence-corrected chi connectivity index (χ2v) is 8.96. The molecular weight excluding hydrogens is 798 g/mol. The first kappa shape index (κ1) is 42.7. The molecule has 1 nitrogen and oxygen atoms in total. The van der Waals surface area contributed by atoms with Crippen molar-refractivity contribution in [2.45, 2.75) is 47.9 Å². The molecule has 0 bridgehead atoms. The minimum absolute atomic E-state index is 0.0106. The Labute approximate surface area is 260 Å². The Hall–Kier alpha value is -4.46. The van der Waals surface area contributed by atoms with E-state index in [9.17, 15) is 114 Å². The summed E-state index contributed by atoms with van der Waals surface area (Å²) in [7, 11) is 0. The van der Waals surface area contributed by atoms with Gasteiger partial charge >= 0.3 is 47.9 Å². The summed E-state index contributed by atoms with van der Waals surface area (Å²) in [5.74, 6) is -79.5. The van der Waals surface area contributed by atoms with Gasteiger partial charge in [-0.3, -0.25) is 0 Å². The van der Waals surface area contributed by atoms with E-state index < -0.39 is 129 Å². The highest BCUT2D eigenvalue weighted by molar-refractivity contribution is 5.56. The number of ether oxygens (including phenoxy) is 1. The van der Waals surface area contributed by atoms with E-state index in [-0.39, 0.29) is 11.8 Å². The molecule has 2 aromatic carbocycles. The summed E-state index contributed by atoms with van der Waals surface area (Å²) in [5.41, 5.74) is -6.02. The van der Waals surface area contributed by atoms with E-state index in [1.807, 2.05) is 0 Å². The van der Waals surface area contributed by atoms with E-state index in [1.54, 1.807) is 0 Å². The second kappa shape index (κ2) is 12.6. The molecule has 2 rings (SSSR count). The molecule has 0 aliphatic carbocycles. The maximum absolute atomic E-state index is 14.5. The monoisotopic (exact) mass is 798 g/mol. The van der Waals surface area contributed by atoms with Crippen LogP contribution in [0.3, 0.4) is 0 Å². The fourth-order valence-electron chi connectivity index (χ4n) is 2.93. The Balaban J connectivity index is 3.01. The summed E-state index contributed by atoms with van der Waals surface area (Å²) in [6, 6.07) is 0. The van der Waals surface area contributed by atoms with Crippen molar-refractivity contribution in [2.75, 3.05) is 0 Å². The number of hydrogen-bond acceptors (Lipinski definition) is 1. The van der Waals surface area contributed by atoms with Crippen molar-refractivity contribution >= 4 is 0 Å². The number of rotatable bonds is 6. The van der Waals surface area contributed by atoms with Crippen LogP contribution in [0.25, 0.3) is 0 Å². The Morgan fingerprint density at radius 3 is 0.784 bits per heavy atom. The molecule has 0 amide bonds. The molecule has 0 heterocycles. The molecule has 0 aliphatic heterocycles. The number of hydrogen-bond donors (Lipinski definition) is 0. The first-order chi connectivity index (χ1) is 22.5. The lowest BCUT2D eigenvalue weighted by Gasteiger charge is -2.31. The highest BCUT2D eigenvalue weighted by Gasteiger charge is 2.82. The van der Waals surface area contributed by atoms with E-state index in [1.165, 1.54) is 0 Å². The van der Waals surface area contributed by atoms with Crippen LogP contribution in [0.2, 0.25) is 0 Å². The van der Waals surface area contributed by atoms with Crippen LogP contribution in [-0.2, 0) is 0 Å². The quantitative estimate of drug-likeness (QED) is 0.122. The molecular formula is C24F26O. The molecule has 0 unspecified atom stereocenters. The van der Waals surface area contributed by atoms with Gasteiger partial charge in [0.2, 0.25) is 23.3 Å². The first-order valence-electron chi connectivity index (χ1n) is 11.3. The van der Waals surface area contributed by atoms with Gasteiger partial charge in [-0.2, -0.15) is 87.8 Å². The van der Waals surface area contributed by atoms with Gasteiger partial charge in [0.25, 0.3) is 0 Å². The van der Waals surface area contributed by atoms with Crippen LogP contribution in [0.5, 0.6) is 11.5 Å². The number of benzene rings is 2. The van der Waals surface area contributed by atoms with Crippen LogP contribution >= 0.6 is 0 Å². The maximum atomic E-state index is 14.5. The van der Waals surface area contributed by atoms with Crippen molar-refractivity contribution < 1.29 is 119 Å². The van der Waals surface area contributed by atoms with Gasteiger partial charge in [0.05, 0.1) is 0 Å². The minimum atomic E-state index is -7.75. The molecule has 284 valence electrons. The van der Waals surface area contributed by atoms with E-state index in [0.717, 1.165) is 0 Å². The summed E-state index contributed by atoms with van der Waals surface area (Å²) < 4.78 is 352. The maximum Gasteiger partial charge on any atom is 0.460 e. The van der Waals surface area contributed by atoms with Gasteiger partial charge < -0.3 is 4.74 Å².